The SMILES string of the molecule is CCC(C)(N)C(=O)Cc1cc(Br)ccc1OC. The number of hydrogen-bond acceptors (Lipinski definition) is 3. The lowest BCUT2D eigenvalue weighted by atomic mass is 9.90. The van der Waals surface area contributed by atoms with Crippen molar-refractivity contribution in [3.05, 3.63) is 28.2 Å². The zero-order valence-corrected chi connectivity index (χ0v) is 12.0. The molecule has 0 spiro atoms. The molecule has 0 bridgehead atoms. The van der Waals surface area contributed by atoms with E-state index in [2.05, 4.69) is 15.9 Å². The van der Waals surface area contributed by atoms with E-state index in [0.29, 0.717) is 18.6 Å². The first kappa shape index (κ1) is 14.2. The first-order chi connectivity index (χ1) is 7.90. The maximum absolute atomic E-state index is 12.0. The third-order valence-corrected chi connectivity index (χ3v) is 3.46. The van der Waals surface area contributed by atoms with Crippen LogP contribution in [0.4, 0.5) is 0 Å². The molecule has 1 unspecified atom stereocenters. The van der Waals surface area contributed by atoms with Crippen LogP contribution in [0.1, 0.15) is 25.8 Å². The van der Waals surface area contributed by atoms with E-state index >= 15 is 0 Å². The fourth-order valence-corrected chi connectivity index (χ4v) is 1.87. The van der Waals surface area contributed by atoms with Gasteiger partial charge in [-0.1, -0.05) is 22.9 Å². The predicted molar refractivity (Wildman–Crippen MR) is 72.3 cm³/mol. The molecule has 1 rings (SSSR count). The topological polar surface area (TPSA) is 52.3 Å². The lowest BCUT2D eigenvalue weighted by Crippen LogP contribution is -2.45. The summed E-state index contributed by atoms with van der Waals surface area (Å²) in [6.45, 7) is 3.68. The fourth-order valence-electron chi connectivity index (χ4n) is 1.46. The highest BCUT2D eigenvalue weighted by Gasteiger charge is 2.26. The molecule has 0 aromatic heterocycles. The van der Waals surface area contributed by atoms with Gasteiger partial charge in [-0.15, -0.1) is 0 Å². The molecule has 1 aromatic carbocycles. The van der Waals surface area contributed by atoms with Gasteiger partial charge in [0, 0.05) is 16.5 Å². The second-order valence-electron chi connectivity index (χ2n) is 4.33. The number of halogens is 1. The summed E-state index contributed by atoms with van der Waals surface area (Å²) in [7, 11) is 1.60. The summed E-state index contributed by atoms with van der Waals surface area (Å²) >= 11 is 3.38. The molecule has 0 aliphatic carbocycles. The van der Waals surface area contributed by atoms with Crippen molar-refractivity contribution in [1.82, 2.24) is 0 Å². The van der Waals surface area contributed by atoms with E-state index in [-0.39, 0.29) is 5.78 Å². The van der Waals surface area contributed by atoms with Crippen molar-refractivity contribution >= 4 is 21.7 Å². The highest BCUT2D eigenvalue weighted by molar-refractivity contribution is 9.10. The number of benzene rings is 1. The molecule has 0 saturated heterocycles. The van der Waals surface area contributed by atoms with Crippen molar-refractivity contribution in [3.8, 4) is 5.75 Å². The molecular formula is C13H18BrNO2. The Balaban J connectivity index is 2.95. The van der Waals surface area contributed by atoms with Gasteiger partial charge in [-0.25, -0.2) is 0 Å². The van der Waals surface area contributed by atoms with Crippen molar-refractivity contribution < 1.29 is 9.53 Å². The molecule has 17 heavy (non-hydrogen) atoms. The Morgan fingerprint density at radius 1 is 1.53 bits per heavy atom. The Bertz CT molecular complexity index is 416. The van der Waals surface area contributed by atoms with Crippen LogP contribution in [0, 0.1) is 0 Å². The number of methoxy groups -OCH3 is 1. The van der Waals surface area contributed by atoms with Crippen LogP contribution >= 0.6 is 15.9 Å². The molecule has 1 atom stereocenters. The Labute approximate surface area is 110 Å². The van der Waals surface area contributed by atoms with Crippen LogP contribution in [0.15, 0.2) is 22.7 Å². The number of carbonyl (C=O) groups excluding carboxylic acids is 1. The van der Waals surface area contributed by atoms with Crippen LogP contribution < -0.4 is 10.5 Å². The average Bonchev–Trinajstić information content (AvgIpc) is 2.29. The van der Waals surface area contributed by atoms with Crippen LogP contribution in [-0.4, -0.2) is 18.4 Å². The number of ether oxygens (including phenoxy) is 1. The monoisotopic (exact) mass is 299 g/mol. The van der Waals surface area contributed by atoms with E-state index in [4.69, 9.17) is 10.5 Å². The maximum Gasteiger partial charge on any atom is 0.156 e. The number of Topliss-reactive ketones (excluding diaryl/α,β-unsaturated/α-hetero) is 1. The summed E-state index contributed by atoms with van der Waals surface area (Å²) in [6, 6.07) is 5.61. The molecule has 0 aliphatic heterocycles. The minimum absolute atomic E-state index is 0.0244. The van der Waals surface area contributed by atoms with Gasteiger partial charge in [0.1, 0.15) is 5.75 Å². The van der Waals surface area contributed by atoms with Crippen molar-refractivity contribution in [1.29, 1.82) is 0 Å². The number of rotatable bonds is 5. The second-order valence-corrected chi connectivity index (χ2v) is 5.24. The molecule has 94 valence electrons. The first-order valence-electron chi connectivity index (χ1n) is 5.55. The molecule has 0 fully saturated rings. The third kappa shape index (κ3) is 3.54. The minimum atomic E-state index is -0.771. The lowest BCUT2D eigenvalue weighted by Gasteiger charge is -2.21. The van der Waals surface area contributed by atoms with Gasteiger partial charge in [-0.2, -0.15) is 0 Å². The first-order valence-corrected chi connectivity index (χ1v) is 6.34. The van der Waals surface area contributed by atoms with Crippen LogP contribution in [0.25, 0.3) is 0 Å². The predicted octanol–water partition coefficient (Wildman–Crippen LogP) is 2.70. The van der Waals surface area contributed by atoms with E-state index in [1.165, 1.54) is 0 Å². The van der Waals surface area contributed by atoms with Gasteiger partial charge in [-0.05, 0) is 31.5 Å². The van der Waals surface area contributed by atoms with Gasteiger partial charge >= 0.3 is 0 Å². The highest BCUT2D eigenvalue weighted by Crippen LogP contribution is 2.25. The summed E-state index contributed by atoms with van der Waals surface area (Å²) in [4.78, 5) is 12.0. The number of nitrogens with two attached hydrogens (primary N) is 1. The van der Waals surface area contributed by atoms with Gasteiger partial charge in [-0.3, -0.25) is 4.79 Å². The van der Waals surface area contributed by atoms with E-state index in [0.717, 1.165) is 10.0 Å². The van der Waals surface area contributed by atoms with E-state index in [1.54, 1.807) is 14.0 Å². The van der Waals surface area contributed by atoms with Crippen LogP contribution in [0.2, 0.25) is 0 Å². The summed E-state index contributed by atoms with van der Waals surface area (Å²) in [6.07, 6.45) is 0.922. The van der Waals surface area contributed by atoms with Crippen LogP contribution in [0.3, 0.4) is 0 Å². The molecular weight excluding hydrogens is 282 g/mol. The number of hydrogen-bond donors (Lipinski definition) is 1. The molecule has 2 N–H and O–H groups in total. The van der Waals surface area contributed by atoms with E-state index < -0.39 is 5.54 Å². The number of carbonyl (C=O) groups is 1. The number of ketones is 1. The molecule has 1 aromatic rings. The minimum Gasteiger partial charge on any atom is -0.496 e. The Morgan fingerprint density at radius 2 is 2.18 bits per heavy atom. The Hall–Kier alpha value is -0.870. The standard InChI is InChI=1S/C13H18BrNO2/c1-4-13(2,15)12(16)8-9-7-10(14)5-6-11(9)17-3/h5-7H,4,8,15H2,1-3H3. The quantitative estimate of drug-likeness (QED) is 0.909. The second kappa shape index (κ2) is 5.65. The summed E-state index contributed by atoms with van der Waals surface area (Å²) in [5.74, 6) is 0.741. The van der Waals surface area contributed by atoms with E-state index in [9.17, 15) is 4.79 Å². The summed E-state index contributed by atoms with van der Waals surface area (Å²) in [5.41, 5.74) is 6.02. The smallest absolute Gasteiger partial charge is 0.156 e. The Kier molecular flexibility index (Phi) is 4.71. The normalized spacial score (nSPS) is 14.2. The third-order valence-electron chi connectivity index (χ3n) is 2.96. The van der Waals surface area contributed by atoms with Crippen molar-refractivity contribution in [2.75, 3.05) is 7.11 Å². The maximum atomic E-state index is 12.0. The average molecular weight is 300 g/mol. The van der Waals surface area contributed by atoms with Crippen LogP contribution in [-0.2, 0) is 11.2 Å². The van der Waals surface area contributed by atoms with Gasteiger partial charge in [0.2, 0.25) is 0 Å². The molecule has 0 radical (unpaired) electrons. The molecule has 0 heterocycles. The largest absolute Gasteiger partial charge is 0.496 e. The highest BCUT2D eigenvalue weighted by atomic mass is 79.9. The van der Waals surface area contributed by atoms with Crippen LogP contribution in [0.5, 0.6) is 5.75 Å². The van der Waals surface area contributed by atoms with Crippen molar-refractivity contribution in [2.24, 2.45) is 5.73 Å². The molecule has 3 nitrogen and oxygen atoms in total. The summed E-state index contributed by atoms with van der Waals surface area (Å²) in [5, 5.41) is 0. The van der Waals surface area contributed by atoms with Gasteiger partial charge < -0.3 is 10.5 Å². The fraction of sp³-hybridized carbons (Fsp3) is 0.462. The van der Waals surface area contributed by atoms with Gasteiger partial charge in [0.25, 0.3) is 0 Å². The molecule has 0 amide bonds. The Morgan fingerprint density at radius 3 is 2.71 bits per heavy atom. The van der Waals surface area contributed by atoms with Gasteiger partial charge in [0.05, 0.1) is 12.6 Å². The molecule has 4 heteroatoms. The van der Waals surface area contributed by atoms with E-state index in [1.807, 2.05) is 25.1 Å². The van der Waals surface area contributed by atoms with Gasteiger partial charge in [0.15, 0.2) is 5.78 Å². The van der Waals surface area contributed by atoms with Crippen molar-refractivity contribution in [3.63, 3.8) is 0 Å². The zero-order valence-electron chi connectivity index (χ0n) is 10.4. The zero-order chi connectivity index (χ0) is 13.1. The van der Waals surface area contributed by atoms with Crippen molar-refractivity contribution in [2.45, 2.75) is 32.2 Å². The summed E-state index contributed by atoms with van der Waals surface area (Å²) < 4.78 is 6.16. The lowest BCUT2D eigenvalue weighted by molar-refractivity contribution is -0.123. The molecule has 0 aliphatic rings. The molecule has 0 saturated carbocycles.